The van der Waals surface area contributed by atoms with Crippen molar-refractivity contribution in [2.45, 2.75) is 71.7 Å². The summed E-state index contributed by atoms with van der Waals surface area (Å²) in [5, 5.41) is 0. The van der Waals surface area contributed by atoms with Crippen LogP contribution < -0.4 is 0 Å². The second-order valence-electron chi connectivity index (χ2n) is 6.20. The molecule has 25 heavy (non-hydrogen) atoms. The molecule has 0 aromatic carbocycles. The molecule has 8 heteroatoms. The Kier molecular flexibility index (Phi) is 18.4. The Hall–Kier alpha value is 2.80. The van der Waals surface area contributed by atoms with E-state index in [1.807, 2.05) is 47.0 Å². The van der Waals surface area contributed by atoms with E-state index in [1.165, 1.54) is 0 Å². The Morgan fingerprint density at radius 3 is 0.880 bits per heavy atom. The monoisotopic (exact) mass is 496 g/mol. The number of rotatable bonds is 16. The zero-order valence-corrected chi connectivity index (χ0v) is 22.7. The van der Waals surface area contributed by atoms with Crippen molar-refractivity contribution in [3.8, 4) is 0 Å². The quantitative estimate of drug-likeness (QED) is 0.128. The third-order valence-electron chi connectivity index (χ3n) is 3.72. The van der Waals surface area contributed by atoms with E-state index in [2.05, 4.69) is 27.7 Å². The van der Waals surface area contributed by atoms with E-state index in [-0.39, 0.29) is 5.41 Å². The second kappa shape index (κ2) is 16.6. The highest BCUT2D eigenvalue weighted by atomic mass is 32.2. The van der Waals surface area contributed by atoms with Gasteiger partial charge in [0.05, 0.1) is 0 Å². The summed E-state index contributed by atoms with van der Waals surface area (Å²) >= 11 is 26.9. The highest BCUT2D eigenvalue weighted by Gasteiger charge is 2.33. The molecule has 0 aromatic heterocycles. The van der Waals surface area contributed by atoms with Crippen LogP contribution in [0.15, 0.2) is 0 Å². The van der Waals surface area contributed by atoms with Crippen molar-refractivity contribution in [1.29, 1.82) is 0 Å². The third-order valence-corrected chi connectivity index (χ3v) is 13.0. The summed E-state index contributed by atoms with van der Waals surface area (Å²) < 4.78 is 1.70. The molecule has 0 bridgehead atoms. The molecule has 0 amide bonds. The van der Waals surface area contributed by atoms with E-state index in [0.29, 0.717) is 18.3 Å². The summed E-state index contributed by atoms with van der Waals surface area (Å²) in [4.78, 5) is 0. The zero-order chi connectivity index (χ0) is 19.3. The molecule has 0 rings (SSSR count). The Balaban J connectivity index is 5.11. The van der Waals surface area contributed by atoms with Gasteiger partial charge in [-0.25, -0.2) is 0 Å². The first-order chi connectivity index (χ1) is 11.8. The van der Waals surface area contributed by atoms with Gasteiger partial charge in [0.25, 0.3) is 0 Å². The van der Waals surface area contributed by atoms with Crippen molar-refractivity contribution in [2.75, 3.05) is 23.0 Å². The standard InChI is InChI=1S/C17H36S8/c1-5-13(18)22-9-17(10-23-14(19)6-2,11-24-15(20)7-3)12-25-16(21)8-4/h13-16,18-21H,5-12H2,1-4H3. The molecule has 152 valence electrons. The van der Waals surface area contributed by atoms with Crippen LogP contribution in [-0.2, 0) is 0 Å². The Labute approximate surface area is 196 Å². The minimum Gasteiger partial charge on any atom is -0.165 e. The normalized spacial score (nSPS) is 19.2. The van der Waals surface area contributed by atoms with Crippen molar-refractivity contribution in [1.82, 2.24) is 0 Å². The molecule has 0 aliphatic carbocycles. The van der Waals surface area contributed by atoms with Crippen LogP contribution >= 0.6 is 97.6 Å². The first kappa shape index (κ1) is 27.8. The topological polar surface area (TPSA) is 0 Å². The van der Waals surface area contributed by atoms with Gasteiger partial charge in [-0.2, -0.15) is 50.5 Å². The van der Waals surface area contributed by atoms with Crippen LogP contribution in [-0.4, -0.2) is 41.3 Å². The fourth-order valence-electron chi connectivity index (χ4n) is 1.81. The molecule has 0 saturated carbocycles. The van der Waals surface area contributed by atoms with Gasteiger partial charge in [-0.15, -0.1) is 47.0 Å². The summed E-state index contributed by atoms with van der Waals surface area (Å²) in [6, 6.07) is 0. The lowest BCUT2D eigenvalue weighted by molar-refractivity contribution is 0.514. The van der Waals surface area contributed by atoms with Crippen LogP contribution in [0.25, 0.3) is 0 Å². The van der Waals surface area contributed by atoms with Crippen LogP contribution in [0.2, 0.25) is 0 Å². The van der Waals surface area contributed by atoms with Crippen molar-refractivity contribution < 1.29 is 0 Å². The predicted octanol–water partition coefficient (Wildman–Crippen LogP) is 7.57. The SMILES string of the molecule is CCC(S)SCC(CSC(S)CC)(CSC(S)CC)CSC(S)CC. The van der Waals surface area contributed by atoms with Gasteiger partial charge in [0.1, 0.15) is 0 Å². The van der Waals surface area contributed by atoms with Crippen molar-refractivity contribution in [3.05, 3.63) is 0 Å². The van der Waals surface area contributed by atoms with Gasteiger partial charge in [-0.1, -0.05) is 27.7 Å². The molecule has 4 atom stereocenters. The molecule has 0 radical (unpaired) electrons. The van der Waals surface area contributed by atoms with Gasteiger partial charge >= 0.3 is 0 Å². The van der Waals surface area contributed by atoms with Crippen molar-refractivity contribution >= 4 is 97.6 Å². The second-order valence-corrected chi connectivity index (χ2v) is 14.9. The molecule has 0 aromatic rings. The molecule has 0 aliphatic rings. The van der Waals surface area contributed by atoms with Gasteiger partial charge < -0.3 is 0 Å². The summed E-state index contributed by atoms with van der Waals surface area (Å²) in [7, 11) is 0. The molecule has 0 saturated heterocycles. The lowest BCUT2D eigenvalue weighted by atomic mass is 9.99. The van der Waals surface area contributed by atoms with E-state index in [0.717, 1.165) is 48.7 Å². The van der Waals surface area contributed by atoms with Crippen LogP contribution in [0.5, 0.6) is 0 Å². The zero-order valence-electron chi connectivity index (χ0n) is 15.9. The fraction of sp³-hybridized carbons (Fsp3) is 1.00. The molecule has 0 fully saturated rings. The highest BCUT2D eigenvalue weighted by molar-refractivity contribution is 8.12. The smallest absolute Gasteiger partial charge is 0.0470 e. The summed E-state index contributed by atoms with van der Waals surface area (Å²) in [6.45, 7) is 8.86. The summed E-state index contributed by atoms with van der Waals surface area (Å²) in [5.74, 6) is 4.61. The van der Waals surface area contributed by atoms with E-state index >= 15 is 0 Å². The highest BCUT2D eigenvalue weighted by Crippen LogP contribution is 2.41. The average molecular weight is 497 g/mol. The first-order valence-electron chi connectivity index (χ1n) is 9.01. The molecule has 0 N–H and O–H groups in total. The van der Waals surface area contributed by atoms with Crippen LogP contribution in [0, 0.1) is 5.41 Å². The van der Waals surface area contributed by atoms with Gasteiger partial charge in [0.15, 0.2) is 0 Å². The maximum Gasteiger partial charge on any atom is 0.0470 e. The predicted molar refractivity (Wildman–Crippen MR) is 145 cm³/mol. The minimum atomic E-state index is 0.281. The maximum absolute atomic E-state index is 4.72. The van der Waals surface area contributed by atoms with E-state index in [1.54, 1.807) is 0 Å². The minimum absolute atomic E-state index is 0.281. The van der Waals surface area contributed by atoms with E-state index in [9.17, 15) is 0 Å². The molecule has 0 nitrogen and oxygen atoms in total. The van der Waals surface area contributed by atoms with Gasteiger partial charge in [-0.05, 0) is 25.7 Å². The molecule has 0 heterocycles. The maximum atomic E-state index is 4.72. The average Bonchev–Trinajstić information content (AvgIpc) is 2.65. The van der Waals surface area contributed by atoms with Crippen molar-refractivity contribution in [3.63, 3.8) is 0 Å². The van der Waals surface area contributed by atoms with Crippen molar-refractivity contribution in [2.24, 2.45) is 5.41 Å². The van der Waals surface area contributed by atoms with E-state index in [4.69, 9.17) is 50.5 Å². The summed E-state index contributed by atoms with van der Waals surface area (Å²) in [6.07, 6.45) is 4.43. The first-order valence-corrected chi connectivity index (χ1v) is 15.3. The molecule has 0 spiro atoms. The molecule has 4 unspecified atom stereocenters. The Morgan fingerprint density at radius 2 is 0.720 bits per heavy atom. The Morgan fingerprint density at radius 1 is 0.520 bits per heavy atom. The number of thioether (sulfide) groups is 4. The van der Waals surface area contributed by atoms with Gasteiger partial charge in [0.2, 0.25) is 0 Å². The molecule has 0 aliphatic heterocycles. The Bertz CT molecular complexity index is 254. The fourth-order valence-corrected chi connectivity index (χ4v) is 7.83. The van der Waals surface area contributed by atoms with Crippen LogP contribution in [0.4, 0.5) is 0 Å². The van der Waals surface area contributed by atoms with Crippen LogP contribution in [0.1, 0.15) is 53.4 Å². The number of hydrogen-bond donors (Lipinski definition) is 4. The number of hydrogen-bond acceptors (Lipinski definition) is 8. The lowest BCUT2D eigenvalue weighted by Crippen LogP contribution is -2.35. The van der Waals surface area contributed by atoms with E-state index < -0.39 is 0 Å². The largest absolute Gasteiger partial charge is 0.165 e. The summed E-state index contributed by atoms with van der Waals surface area (Å²) in [5.41, 5.74) is 0.281. The number of thiol groups is 4. The van der Waals surface area contributed by atoms with Crippen LogP contribution in [0.3, 0.4) is 0 Å². The third kappa shape index (κ3) is 13.6. The van der Waals surface area contributed by atoms with Gasteiger partial charge in [0, 0.05) is 46.8 Å². The van der Waals surface area contributed by atoms with Gasteiger partial charge in [-0.3, -0.25) is 0 Å². The molecular weight excluding hydrogens is 461 g/mol. The molecular formula is C17H36S8. The lowest BCUT2D eigenvalue weighted by Gasteiger charge is -2.35.